The van der Waals surface area contributed by atoms with Gasteiger partial charge in [-0.05, 0) is 22.2 Å². The van der Waals surface area contributed by atoms with Crippen LogP contribution >= 0.6 is 11.6 Å². The first-order valence-electron chi connectivity index (χ1n) is 10.2. The molecule has 1 aliphatic rings. The number of amides is 2. The molecule has 1 aliphatic heterocycles. The van der Waals surface area contributed by atoms with Gasteiger partial charge in [-0.25, -0.2) is 4.98 Å². The fourth-order valence-electron chi connectivity index (χ4n) is 3.98. The molecule has 10 nitrogen and oxygen atoms in total. The number of carbonyl (C=O) groups is 2. The molecule has 0 saturated carbocycles. The zero-order valence-electron chi connectivity index (χ0n) is 18.2. The van der Waals surface area contributed by atoms with Crippen LogP contribution in [0.3, 0.4) is 0 Å². The monoisotopic (exact) mass is 471 g/mol. The van der Waals surface area contributed by atoms with E-state index in [9.17, 15) is 14.7 Å². The largest absolute Gasteiger partial charge is 0.494 e. The number of likely N-dealkylation sites (tertiary alicyclic amines) is 1. The van der Waals surface area contributed by atoms with Gasteiger partial charge in [0.05, 0.1) is 13.3 Å². The first kappa shape index (κ1) is 22.5. The Kier molecular flexibility index (Phi) is 5.94. The highest BCUT2D eigenvalue weighted by Gasteiger charge is 2.54. The van der Waals surface area contributed by atoms with Crippen LogP contribution in [0.1, 0.15) is 41.5 Å². The van der Waals surface area contributed by atoms with Gasteiger partial charge in [-0.2, -0.15) is 0 Å². The highest BCUT2D eigenvalue weighted by atomic mass is 35.5. The van der Waals surface area contributed by atoms with Gasteiger partial charge in [-0.1, -0.05) is 49.7 Å². The summed E-state index contributed by atoms with van der Waals surface area (Å²) in [6.07, 6.45) is 0.723. The van der Waals surface area contributed by atoms with Crippen LogP contribution in [-0.2, 0) is 10.2 Å². The molecule has 172 valence electrons. The number of ether oxygens (including phenoxy) is 1. The Morgan fingerprint density at radius 3 is 2.67 bits per heavy atom. The predicted molar refractivity (Wildman–Crippen MR) is 119 cm³/mol. The normalized spacial score (nSPS) is 14.6. The lowest BCUT2D eigenvalue weighted by molar-refractivity contribution is -0.126. The molecule has 1 fully saturated rings. The lowest BCUT2D eigenvalue weighted by atomic mass is 9.69. The van der Waals surface area contributed by atoms with E-state index in [4.69, 9.17) is 16.3 Å². The molecule has 0 radical (unpaired) electrons. The van der Waals surface area contributed by atoms with Crippen LogP contribution in [0.25, 0.3) is 0 Å². The number of pyridine rings is 1. The van der Waals surface area contributed by atoms with Crippen LogP contribution in [0.5, 0.6) is 11.8 Å². The van der Waals surface area contributed by atoms with Crippen LogP contribution in [0.2, 0.25) is 5.15 Å². The number of aromatic hydroxyl groups is 1. The third-order valence-electron chi connectivity index (χ3n) is 5.65. The molecular weight excluding hydrogens is 450 g/mol. The predicted octanol–water partition coefficient (Wildman–Crippen LogP) is 2.99. The molecule has 0 atom stereocenters. The quantitative estimate of drug-likeness (QED) is 0.524. The number of benzene rings is 1. The molecule has 2 N–H and O–H groups in total. The first-order valence-corrected chi connectivity index (χ1v) is 10.6. The molecular formula is C22H22ClN5O5. The third kappa shape index (κ3) is 4.09. The SMILES string of the molecule is COc1cc(Cl)ncc1NC(=O)C1(c2ccccc2C(C)C)CN(C(=O)c2noc(O)n2)C1. The Bertz CT molecular complexity index is 1210. The van der Waals surface area contributed by atoms with Crippen molar-refractivity contribution in [2.75, 3.05) is 25.5 Å². The second-order valence-corrected chi connectivity index (χ2v) is 8.43. The van der Waals surface area contributed by atoms with E-state index in [1.807, 2.05) is 38.1 Å². The van der Waals surface area contributed by atoms with Crippen molar-refractivity contribution in [2.45, 2.75) is 25.2 Å². The van der Waals surface area contributed by atoms with E-state index in [1.165, 1.54) is 24.3 Å². The molecule has 0 spiro atoms. The average molecular weight is 472 g/mol. The van der Waals surface area contributed by atoms with Crippen molar-refractivity contribution in [3.63, 3.8) is 0 Å². The fourth-order valence-corrected chi connectivity index (χ4v) is 4.13. The standard InChI is InChI=1S/C22H22ClN5O5/c1-12(2)13-6-4-5-7-14(13)22(10-28(11-22)19(29)18-26-21(31)33-27-18)20(30)25-15-9-24-17(23)8-16(15)32-3/h4-9,12H,10-11H2,1-3H3,(H,25,30)(H,26,27,31). The number of methoxy groups -OCH3 is 1. The van der Waals surface area contributed by atoms with Crippen LogP contribution in [0.4, 0.5) is 5.69 Å². The number of rotatable bonds is 6. The molecule has 33 heavy (non-hydrogen) atoms. The Morgan fingerprint density at radius 1 is 1.30 bits per heavy atom. The van der Waals surface area contributed by atoms with Crippen molar-refractivity contribution in [3.05, 3.63) is 58.6 Å². The van der Waals surface area contributed by atoms with Gasteiger partial charge >= 0.3 is 6.08 Å². The summed E-state index contributed by atoms with van der Waals surface area (Å²) in [7, 11) is 1.47. The van der Waals surface area contributed by atoms with Gasteiger partial charge < -0.3 is 20.1 Å². The number of anilines is 1. The summed E-state index contributed by atoms with van der Waals surface area (Å²) in [6.45, 7) is 4.25. The summed E-state index contributed by atoms with van der Waals surface area (Å²) in [6, 6.07) is 9.16. The number of halogens is 1. The first-order chi connectivity index (χ1) is 15.7. The van der Waals surface area contributed by atoms with Gasteiger partial charge in [0.2, 0.25) is 5.91 Å². The number of hydrogen-bond donors (Lipinski definition) is 2. The summed E-state index contributed by atoms with van der Waals surface area (Å²) >= 11 is 5.94. The van der Waals surface area contributed by atoms with Gasteiger partial charge in [0, 0.05) is 19.2 Å². The average Bonchev–Trinajstić information content (AvgIpc) is 3.20. The van der Waals surface area contributed by atoms with Gasteiger partial charge in [-0.15, -0.1) is 4.98 Å². The molecule has 2 aromatic heterocycles. The van der Waals surface area contributed by atoms with Crippen molar-refractivity contribution in [1.82, 2.24) is 20.0 Å². The number of hydrogen-bond acceptors (Lipinski definition) is 8. The van der Waals surface area contributed by atoms with E-state index in [1.54, 1.807) is 0 Å². The minimum atomic E-state index is -1.03. The minimum absolute atomic E-state index is 0.0834. The number of nitrogens with zero attached hydrogens (tertiary/aromatic N) is 4. The van der Waals surface area contributed by atoms with Crippen molar-refractivity contribution >= 4 is 29.1 Å². The van der Waals surface area contributed by atoms with E-state index >= 15 is 0 Å². The summed E-state index contributed by atoms with van der Waals surface area (Å²) in [5.74, 6) is -0.628. The summed E-state index contributed by atoms with van der Waals surface area (Å²) < 4.78 is 9.81. The molecule has 0 unspecified atom stereocenters. The zero-order chi connectivity index (χ0) is 23.8. The van der Waals surface area contributed by atoms with E-state index in [2.05, 4.69) is 25.0 Å². The van der Waals surface area contributed by atoms with E-state index < -0.39 is 17.4 Å². The summed E-state index contributed by atoms with van der Waals surface area (Å²) in [5, 5.41) is 15.9. The van der Waals surface area contributed by atoms with Crippen LogP contribution < -0.4 is 10.1 Å². The highest BCUT2D eigenvalue weighted by molar-refractivity contribution is 6.29. The topological polar surface area (TPSA) is 131 Å². The Labute approximate surface area is 194 Å². The van der Waals surface area contributed by atoms with E-state index in [0.29, 0.717) is 11.4 Å². The third-order valence-corrected chi connectivity index (χ3v) is 5.86. The zero-order valence-corrected chi connectivity index (χ0v) is 19.0. The number of nitrogens with one attached hydrogen (secondary N) is 1. The van der Waals surface area contributed by atoms with Crippen LogP contribution in [-0.4, -0.2) is 57.1 Å². The Balaban J connectivity index is 1.69. The molecule has 1 aromatic carbocycles. The number of carbonyl (C=O) groups excluding carboxylic acids is 2. The molecule has 3 aromatic rings. The van der Waals surface area contributed by atoms with Crippen LogP contribution in [0, 0.1) is 0 Å². The van der Waals surface area contributed by atoms with Gasteiger partial charge in [-0.3, -0.25) is 14.1 Å². The number of aromatic nitrogens is 3. The highest BCUT2D eigenvalue weighted by Crippen LogP contribution is 2.41. The van der Waals surface area contributed by atoms with Crippen molar-refractivity contribution in [1.29, 1.82) is 0 Å². The van der Waals surface area contributed by atoms with Crippen LogP contribution in [0.15, 0.2) is 41.1 Å². The maximum Gasteiger partial charge on any atom is 0.415 e. The van der Waals surface area contributed by atoms with Crippen molar-refractivity contribution < 1.29 is 24.0 Å². The molecule has 1 saturated heterocycles. The molecule has 0 aliphatic carbocycles. The smallest absolute Gasteiger partial charge is 0.415 e. The Hall–Kier alpha value is -3.66. The Morgan fingerprint density at radius 2 is 2.03 bits per heavy atom. The maximum atomic E-state index is 13.7. The lowest BCUT2D eigenvalue weighted by Crippen LogP contribution is -2.66. The van der Waals surface area contributed by atoms with Crippen molar-refractivity contribution in [3.8, 4) is 11.8 Å². The molecule has 3 heterocycles. The molecule has 4 rings (SSSR count). The minimum Gasteiger partial charge on any atom is -0.494 e. The summed E-state index contributed by atoms with van der Waals surface area (Å²) in [5.41, 5.74) is 1.14. The van der Waals surface area contributed by atoms with E-state index in [0.717, 1.165) is 11.1 Å². The summed E-state index contributed by atoms with van der Waals surface area (Å²) in [4.78, 5) is 35.5. The molecule has 2 amide bonds. The van der Waals surface area contributed by atoms with E-state index in [-0.39, 0.29) is 35.9 Å². The molecule has 0 bridgehead atoms. The van der Waals surface area contributed by atoms with Gasteiger partial charge in [0.1, 0.15) is 22.0 Å². The van der Waals surface area contributed by atoms with Crippen molar-refractivity contribution in [2.24, 2.45) is 0 Å². The van der Waals surface area contributed by atoms with Gasteiger partial charge in [0.15, 0.2) is 0 Å². The molecule has 11 heteroatoms. The van der Waals surface area contributed by atoms with Gasteiger partial charge in [0.25, 0.3) is 11.7 Å². The second-order valence-electron chi connectivity index (χ2n) is 8.05. The maximum absolute atomic E-state index is 13.7. The lowest BCUT2D eigenvalue weighted by Gasteiger charge is -2.49. The fraction of sp³-hybridized carbons (Fsp3) is 0.318. The second kappa shape index (κ2) is 8.70.